The Balaban J connectivity index is 2.42. The van der Waals surface area contributed by atoms with Gasteiger partial charge in [0, 0.05) is 0 Å². The molecule has 0 amide bonds. The van der Waals surface area contributed by atoms with Crippen LogP contribution >= 0.6 is 0 Å². The maximum absolute atomic E-state index is 5.10. The number of aromatic amines is 2. The Bertz CT molecular complexity index is 345. The first kappa shape index (κ1) is 7.27. The Morgan fingerprint density at radius 3 is 1.92 bits per heavy atom. The molecule has 0 saturated carbocycles. The lowest BCUT2D eigenvalue weighted by Gasteiger charge is -1.89. The predicted octanol–water partition coefficient (Wildman–Crippen LogP) is -2.58. The van der Waals surface area contributed by atoms with Crippen molar-refractivity contribution in [2.45, 2.75) is 0 Å². The lowest BCUT2D eigenvalue weighted by Crippen LogP contribution is -2.10. The highest BCUT2D eigenvalue weighted by Gasteiger charge is 2.15. The molecule has 10 heteroatoms. The van der Waals surface area contributed by atoms with E-state index in [9.17, 15) is 0 Å². The Labute approximate surface area is 70.6 Å². The zero-order valence-electron chi connectivity index (χ0n) is 6.21. The van der Waals surface area contributed by atoms with Crippen molar-refractivity contribution in [1.82, 2.24) is 41.2 Å². The molecule has 0 aliphatic rings. The molecule has 66 valence electrons. The summed E-state index contributed by atoms with van der Waals surface area (Å²) in [4.78, 5) is 0. The molecule has 0 spiro atoms. The second-order valence-electron chi connectivity index (χ2n) is 1.95. The van der Waals surface area contributed by atoms with E-state index < -0.39 is 0 Å². The first-order chi connectivity index (χ1) is 6.42. The second-order valence-corrected chi connectivity index (χ2v) is 1.95. The molecule has 2 aromatic rings. The van der Waals surface area contributed by atoms with Gasteiger partial charge in [0.05, 0.1) is 0 Å². The minimum absolute atomic E-state index is 0.211. The summed E-state index contributed by atoms with van der Waals surface area (Å²) in [5, 5.41) is 29.3. The van der Waals surface area contributed by atoms with Crippen LogP contribution in [0, 0.1) is 0 Å². The highest BCUT2D eigenvalue weighted by Crippen LogP contribution is 1.95. The topological polar surface area (TPSA) is 147 Å². The third-order valence-electron chi connectivity index (χ3n) is 1.24. The summed E-state index contributed by atoms with van der Waals surface area (Å²) < 4.78 is 0. The van der Waals surface area contributed by atoms with Gasteiger partial charge >= 0.3 is 0 Å². The number of nitrogens with two attached hydrogens (primary N) is 1. The van der Waals surface area contributed by atoms with Crippen LogP contribution in [0.3, 0.4) is 0 Å². The van der Waals surface area contributed by atoms with Crippen LogP contribution in [0.2, 0.25) is 0 Å². The van der Waals surface area contributed by atoms with Crippen molar-refractivity contribution in [3.8, 4) is 0 Å². The summed E-state index contributed by atoms with van der Waals surface area (Å²) in [5.41, 5.74) is 0.211. The molecular formula is C3H4N10. The lowest BCUT2D eigenvalue weighted by atomic mass is 10.3. The zero-order valence-corrected chi connectivity index (χ0v) is 6.21. The predicted molar refractivity (Wildman–Crippen MR) is 38.2 cm³/mol. The third kappa shape index (κ3) is 1.19. The Hall–Kier alpha value is -2.39. The molecule has 0 unspecified atom stereocenters. The molecule has 0 radical (unpaired) electrons. The Morgan fingerprint density at radius 1 is 1.08 bits per heavy atom. The molecule has 0 bridgehead atoms. The maximum Gasteiger partial charge on any atom is 0.228 e. The van der Waals surface area contributed by atoms with Crippen LogP contribution in [0.5, 0.6) is 0 Å². The molecule has 4 N–H and O–H groups in total. The zero-order chi connectivity index (χ0) is 9.10. The van der Waals surface area contributed by atoms with Crippen LogP contribution in [0.25, 0.3) is 0 Å². The summed E-state index contributed by atoms with van der Waals surface area (Å²) in [6.07, 6.45) is 0. The van der Waals surface area contributed by atoms with Crippen molar-refractivity contribution in [1.29, 1.82) is 0 Å². The number of hydrazone groups is 1. The average Bonchev–Trinajstić information content (AvgIpc) is 2.76. The summed E-state index contributed by atoms with van der Waals surface area (Å²) in [5.74, 6) is 5.52. The van der Waals surface area contributed by atoms with Crippen molar-refractivity contribution >= 4 is 5.71 Å². The standard InChI is InChI=1S/C3H4N10/c4-5-1(2-6-10-11-7-2)3-8-12-13-9-3/h4H2,(H,6,7,10,11)(H,8,9,12,13). The first-order valence-electron chi connectivity index (χ1n) is 3.17. The first-order valence-corrected chi connectivity index (χ1v) is 3.17. The smallest absolute Gasteiger partial charge is 0.228 e. The van der Waals surface area contributed by atoms with Crippen molar-refractivity contribution in [2.75, 3.05) is 0 Å². The van der Waals surface area contributed by atoms with E-state index in [2.05, 4.69) is 46.3 Å². The maximum atomic E-state index is 5.10. The molecule has 0 aliphatic carbocycles. The summed E-state index contributed by atoms with van der Waals surface area (Å²) in [6, 6.07) is 0. The molecule has 2 heterocycles. The molecule has 13 heavy (non-hydrogen) atoms. The number of hydrogen-bond acceptors (Lipinski definition) is 8. The van der Waals surface area contributed by atoms with E-state index in [1.165, 1.54) is 0 Å². The van der Waals surface area contributed by atoms with Gasteiger partial charge in [0.2, 0.25) is 11.6 Å². The van der Waals surface area contributed by atoms with Gasteiger partial charge in [-0.2, -0.15) is 15.5 Å². The number of rotatable bonds is 2. The van der Waals surface area contributed by atoms with Crippen LogP contribution in [0.15, 0.2) is 5.10 Å². The summed E-state index contributed by atoms with van der Waals surface area (Å²) >= 11 is 0. The van der Waals surface area contributed by atoms with Crippen LogP contribution < -0.4 is 5.84 Å². The number of aromatic nitrogens is 8. The number of nitrogens with zero attached hydrogens (tertiary/aromatic N) is 7. The molecule has 0 atom stereocenters. The lowest BCUT2D eigenvalue weighted by molar-refractivity contribution is 0.881. The normalized spacial score (nSPS) is 9.85. The van der Waals surface area contributed by atoms with Crippen molar-refractivity contribution in [3.05, 3.63) is 11.6 Å². The Kier molecular flexibility index (Phi) is 1.63. The number of nitrogens with one attached hydrogen (secondary N) is 2. The molecule has 0 saturated heterocycles. The highest BCUT2D eigenvalue weighted by molar-refractivity contribution is 6.07. The van der Waals surface area contributed by atoms with E-state index in [4.69, 9.17) is 5.84 Å². The van der Waals surface area contributed by atoms with Crippen LogP contribution in [0.1, 0.15) is 11.6 Å². The van der Waals surface area contributed by atoms with Gasteiger partial charge in [-0.15, -0.1) is 20.4 Å². The van der Waals surface area contributed by atoms with Gasteiger partial charge in [-0.1, -0.05) is 0 Å². The second kappa shape index (κ2) is 2.92. The van der Waals surface area contributed by atoms with Crippen molar-refractivity contribution < 1.29 is 0 Å². The number of H-pyrrole nitrogens is 2. The van der Waals surface area contributed by atoms with Crippen molar-refractivity contribution in [3.63, 3.8) is 0 Å². The molecule has 0 fully saturated rings. The van der Waals surface area contributed by atoms with E-state index in [1.807, 2.05) is 0 Å². The molecule has 10 nitrogen and oxygen atoms in total. The quantitative estimate of drug-likeness (QED) is 0.261. The number of hydrogen-bond donors (Lipinski definition) is 3. The third-order valence-corrected chi connectivity index (χ3v) is 1.24. The van der Waals surface area contributed by atoms with Crippen LogP contribution in [0.4, 0.5) is 0 Å². The van der Waals surface area contributed by atoms with Crippen LogP contribution in [-0.2, 0) is 0 Å². The molecule has 0 aliphatic heterocycles. The fourth-order valence-corrected chi connectivity index (χ4v) is 0.740. The fourth-order valence-electron chi connectivity index (χ4n) is 0.740. The number of tetrazole rings is 2. The van der Waals surface area contributed by atoms with E-state index in [0.717, 1.165) is 0 Å². The van der Waals surface area contributed by atoms with Gasteiger partial charge in [-0.05, 0) is 10.4 Å². The minimum atomic E-state index is 0.211. The molecule has 2 aromatic heterocycles. The van der Waals surface area contributed by atoms with E-state index in [0.29, 0.717) is 0 Å². The highest BCUT2D eigenvalue weighted by atomic mass is 15.5. The van der Waals surface area contributed by atoms with Gasteiger partial charge in [-0.25, -0.2) is 0 Å². The summed E-state index contributed by atoms with van der Waals surface area (Å²) in [6.45, 7) is 0. The van der Waals surface area contributed by atoms with E-state index >= 15 is 0 Å². The largest absolute Gasteiger partial charge is 0.322 e. The van der Waals surface area contributed by atoms with Gasteiger partial charge < -0.3 is 5.84 Å². The minimum Gasteiger partial charge on any atom is -0.322 e. The van der Waals surface area contributed by atoms with Crippen LogP contribution in [-0.4, -0.2) is 47.0 Å². The summed E-state index contributed by atoms with van der Waals surface area (Å²) in [7, 11) is 0. The van der Waals surface area contributed by atoms with Gasteiger partial charge in [0.25, 0.3) is 0 Å². The monoisotopic (exact) mass is 180 g/mol. The van der Waals surface area contributed by atoms with E-state index in [1.54, 1.807) is 0 Å². The van der Waals surface area contributed by atoms with Gasteiger partial charge in [-0.3, -0.25) is 0 Å². The SMILES string of the molecule is NN=C(c1nn[nH]n1)c1nn[nH]n1. The van der Waals surface area contributed by atoms with Crippen molar-refractivity contribution in [2.24, 2.45) is 10.9 Å². The molecular weight excluding hydrogens is 176 g/mol. The molecule has 2 rings (SSSR count). The van der Waals surface area contributed by atoms with E-state index in [-0.39, 0.29) is 17.4 Å². The molecule has 0 aromatic carbocycles. The Morgan fingerprint density at radius 2 is 1.62 bits per heavy atom. The van der Waals surface area contributed by atoms with Gasteiger partial charge in [0.1, 0.15) is 0 Å². The van der Waals surface area contributed by atoms with Gasteiger partial charge in [0.15, 0.2) is 5.71 Å². The fraction of sp³-hybridized carbons (Fsp3) is 0. The average molecular weight is 180 g/mol.